The van der Waals surface area contributed by atoms with Crippen molar-refractivity contribution in [2.45, 2.75) is 51.0 Å². The van der Waals surface area contributed by atoms with E-state index < -0.39 is 6.10 Å². The zero-order valence-corrected chi connectivity index (χ0v) is 15.6. The second-order valence-electron chi connectivity index (χ2n) is 7.10. The van der Waals surface area contributed by atoms with Crippen LogP contribution in [0.25, 0.3) is 10.1 Å². The van der Waals surface area contributed by atoms with Crippen molar-refractivity contribution in [2.24, 2.45) is 11.8 Å². The topological polar surface area (TPSA) is 71.6 Å². The smallest absolute Gasteiger partial charge is 0.129 e. The third kappa shape index (κ3) is 5.64. The SMILES string of the molecule is NN(CCCC1CCCCC1)CC(O)COc1cccc2sncc12. The summed E-state index contributed by atoms with van der Waals surface area (Å²) in [5, 5.41) is 12.9. The van der Waals surface area contributed by atoms with Crippen LogP contribution in [0.4, 0.5) is 0 Å². The molecule has 1 aliphatic rings. The minimum Gasteiger partial charge on any atom is -0.490 e. The van der Waals surface area contributed by atoms with Gasteiger partial charge in [0.2, 0.25) is 0 Å². The third-order valence-electron chi connectivity index (χ3n) is 5.02. The number of hydrogen-bond donors (Lipinski definition) is 2. The molecule has 1 fully saturated rings. The maximum Gasteiger partial charge on any atom is 0.129 e. The van der Waals surface area contributed by atoms with E-state index in [9.17, 15) is 5.11 Å². The Labute approximate surface area is 153 Å². The van der Waals surface area contributed by atoms with Gasteiger partial charge >= 0.3 is 0 Å². The molecule has 0 amide bonds. The van der Waals surface area contributed by atoms with Crippen molar-refractivity contribution >= 4 is 21.6 Å². The predicted molar refractivity (Wildman–Crippen MR) is 103 cm³/mol. The first-order valence-electron chi connectivity index (χ1n) is 9.36. The highest BCUT2D eigenvalue weighted by molar-refractivity contribution is 7.13. The zero-order chi connectivity index (χ0) is 17.5. The lowest BCUT2D eigenvalue weighted by Gasteiger charge is -2.24. The van der Waals surface area contributed by atoms with Crippen molar-refractivity contribution in [3.05, 3.63) is 24.4 Å². The number of nitrogens with two attached hydrogens (primary N) is 1. The zero-order valence-electron chi connectivity index (χ0n) is 14.8. The van der Waals surface area contributed by atoms with Gasteiger partial charge in [-0.1, -0.05) is 38.2 Å². The average Bonchev–Trinajstić information content (AvgIpc) is 3.10. The van der Waals surface area contributed by atoms with Gasteiger partial charge in [0, 0.05) is 13.1 Å². The van der Waals surface area contributed by atoms with Crippen LogP contribution >= 0.6 is 11.5 Å². The Morgan fingerprint density at radius 2 is 2.16 bits per heavy atom. The molecule has 25 heavy (non-hydrogen) atoms. The van der Waals surface area contributed by atoms with Crippen molar-refractivity contribution in [3.63, 3.8) is 0 Å². The predicted octanol–water partition coefficient (Wildman–Crippen LogP) is 3.57. The minimum absolute atomic E-state index is 0.241. The van der Waals surface area contributed by atoms with E-state index in [-0.39, 0.29) is 6.61 Å². The van der Waals surface area contributed by atoms with E-state index in [1.54, 1.807) is 5.01 Å². The lowest BCUT2D eigenvalue weighted by molar-refractivity contribution is 0.0675. The van der Waals surface area contributed by atoms with Crippen molar-refractivity contribution < 1.29 is 9.84 Å². The summed E-state index contributed by atoms with van der Waals surface area (Å²) in [4.78, 5) is 0. The summed E-state index contributed by atoms with van der Waals surface area (Å²) in [5.74, 6) is 7.70. The van der Waals surface area contributed by atoms with E-state index in [0.717, 1.165) is 34.7 Å². The van der Waals surface area contributed by atoms with Crippen LogP contribution in [-0.4, -0.2) is 40.3 Å². The van der Waals surface area contributed by atoms with E-state index >= 15 is 0 Å². The van der Waals surface area contributed by atoms with Crippen molar-refractivity contribution in [1.29, 1.82) is 0 Å². The second kappa shape index (κ2) is 9.48. The van der Waals surface area contributed by atoms with Gasteiger partial charge in [-0.05, 0) is 42.4 Å². The molecule has 0 radical (unpaired) electrons. The molecule has 0 bridgehead atoms. The Hall–Kier alpha value is -1.21. The number of nitrogens with zero attached hydrogens (tertiary/aromatic N) is 2. The van der Waals surface area contributed by atoms with Gasteiger partial charge in [0.1, 0.15) is 18.5 Å². The Balaban J connectivity index is 1.35. The van der Waals surface area contributed by atoms with Crippen LogP contribution in [0.15, 0.2) is 24.4 Å². The summed E-state index contributed by atoms with van der Waals surface area (Å²) < 4.78 is 11.0. The maximum absolute atomic E-state index is 10.2. The van der Waals surface area contributed by atoms with Crippen LogP contribution in [0, 0.1) is 5.92 Å². The number of hydrazine groups is 1. The minimum atomic E-state index is -0.596. The molecule has 1 unspecified atom stereocenters. The molecule has 1 saturated carbocycles. The molecule has 1 aromatic carbocycles. The van der Waals surface area contributed by atoms with Gasteiger partial charge in [0.15, 0.2) is 0 Å². The number of rotatable bonds is 9. The number of aliphatic hydroxyl groups is 1. The maximum atomic E-state index is 10.2. The highest BCUT2D eigenvalue weighted by atomic mass is 32.1. The molecule has 1 heterocycles. The van der Waals surface area contributed by atoms with Gasteiger partial charge < -0.3 is 9.84 Å². The highest BCUT2D eigenvalue weighted by Crippen LogP contribution is 2.28. The third-order valence-corrected chi connectivity index (χ3v) is 5.78. The molecule has 138 valence electrons. The first kappa shape index (κ1) is 18.6. The van der Waals surface area contributed by atoms with Gasteiger partial charge in [-0.15, -0.1) is 0 Å². The number of aliphatic hydroxyl groups excluding tert-OH is 1. The van der Waals surface area contributed by atoms with Gasteiger partial charge in [-0.2, -0.15) is 4.37 Å². The molecular formula is C19H29N3O2S. The Morgan fingerprint density at radius 3 is 3.00 bits per heavy atom. The molecule has 3 rings (SSSR count). The molecule has 0 saturated heterocycles. The molecule has 0 aliphatic heterocycles. The molecule has 6 heteroatoms. The van der Waals surface area contributed by atoms with Gasteiger partial charge in [-0.3, -0.25) is 5.84 Å². The van der Waals surface area contributed by atoms with E-state index in [4.69, 9.17) is 10.6 Å². The fraction of sp³-hybridized carbons (Fsp3) is 0.632. The Morgan fingerprint density at radius 1 is 1.32 bits per heavy atom. The fourth-order valence-electron chi connectivity index (χ4n) is 3.65. The molecule has 2 aromatic rings. The van der Waals surface area contributed by atoms with E-state index in [1.165, 1.54) is 50.1 Å². The van der Waals surface area contributed by atoms with Crippen LogP contribution in [0.2, 0.25) is 0 Å². The first-order chi connectivity index (χ1) is 12.2. The molecule has 3 N–H and O–H groups in total. The summed E-state index contributed by atoms with van der Waals surface area (Å²) in [6, 6.07) is 5.88. The van der Waals surface area contributed by atoms with Crippen LogP contribution in [-0.2, 0) is 0 Å². The van der Waals surface area contributed by atoms with Crippen molar-refractivity contribution in [2.75, 3.05) is 19.7 Å². The quantitative estimate of drug-likeness (QED) is 0.526. The molecule has 1 aliphatic carbocycles. The summed E-state index contributed by atoms with van der Waals surface area (Å²) in [5.41, 5.74) is 0. The first-order valence-corrected chi connectivity index (χ1v) is 10.1. The fourth-order valence-corrected chi connectivity index (χ4v) is 4.31. The number of ether oxygens (including phenoxy) is 1. The molecule has 1 aromatic heterocycles. The normalized spacial score (nSPS) is 17.2. The average molecular weight is 364 g/mol. The number of benzene rings is 1. The largest absolute Gasteiger partial charge is 0.490 e. The lowest BCUT2D eigenvalue weighted by atomic mass is 9.86. The van der Waals surface area contributed by atoms with Crippen LogP contribution < -0.4 is 10.6 Å². The monoisotopic (exact) mass is 363 g/mol. The number of aromatic nitrogens is 1. The number of fused-ring (bicyclic) bond motifs is 1. The molecule has 0 spiro atoms. The molecular weight excluding hydrogens is 334 g/mol. The second-order valence-corrected chi connectivity index (χ2v) is 7.93. The van der Waals surface area contributed by atoms with Gasteiger partial charge in [0.05, 0.1) is 16.3 Å². The van der Waals surface area contributed by atoms with E-state index in [0.29, 0.717) is 6.54 Å². The Bertz CT molecular complexity index is 642. The van der Waals surface area contributed by atoms with Crippen LogP contribution in [0.3, 0.4) is 0 Å². The van der Waals surface area contributed by atoms with Gasteiger partial charge in [0.25, 0.3) is 0 Å². The number of hydrogen-bond acceptors (Lipinski definition) is 6. The molecule has 1 atom stereocenters. The summed E-state index contributed by atoms with van der Waals surface area (Å²) in [7, 11) is 0. The Kier molecular flexibility index (Phi) is 7.04. The van der Waals surface area contributed by atoms with Crippen LogP contribution in [0.1, 0.15) is 44.9 Å². The van der Waals surface area contributed by atoms with E-state index in [1.807, 2.05) is 24.4 Å². The standard InChI is InChI=1S/C19H29N3O2S/c20-22(11-5-8-15-6-2-1-3-7-15)13-16(23)14-24-18-9-4-10-19-17(18)12-21-25-19/h4,9-10,12,15-16,23H,1-3,5-8,11,13-14,20H2. The molecule has 5 nitrogen and oxygen atoms in total. The van der Waals surface area contributed by atoms with E-state index in [2.05, 4.69) is 4.37 Å². The van der Waals surface area contributed by atoms with Crippen molar-refractivity contribution in [1.82, 2.24) is 9.38 Å². The lowest BCUT2D eigenvalue weighted by Crippen LogP contribution is -2.40. The van der Waals surface area contributed by atoms with Crippen molar-refractivity contribution in [3.8, 4) is 5.75 Å². The summed E-state index contributed by atoms with van der Waals surface area (Å²) in [6.07, 6.45) is 10.5. The summed E-state index contributed by atoms with van der Waals surface area (Å²) in [6.45, 7) is 1.51. The van der Waals surface area contributed by atoms with Crippen LogP contribution in [0.5, 0.6) is 5.75 Å². The summed E-state index contributed by atoms with van der Waals surface area (Å²) >= 11 is 1.45. The van der Waals surface area contributed by atoms with Gasteiger partial charge in [-0.25, -0.2) is 5.01 Å². The highest BCUT2D eigenvalue weighted by Gasteiger charge is 2.15.